The number of rotatable bonds is 1. The van der Waals surface area contributed by atoms with Gasteiger partial charge < -0.3 is 0 Å². The number of hydrogen-bond donors (Lipinski definition) is 0. The molecule has 0 atom stereocenters. The Balaban J connectivity index is 2.51. The van der Waals surface area contributed by atoms with Crippen molar-refractivity contribution in [2.75, 3.05) is 0 Å². The molecule has 2 rings (SSSR count). The minimum absolute atomic E-state index is 0.287. The van der Waals surface area contributed by atoms with Crippen molar-refractivity contribution in [2.24, 2.45) is 0 Å². The molecule has 1 aromatic carbocycles. The van der Waals surface area contributed by atoms with Gasteiger partial charge >= 0.3 is 0 Å². The minimum atomic E-state index is 0.287. The normalized spacial score (nSPS) is 18.7. The van der Waals surface area contributed by atoms with Gasteiger partial charge in [0.1, 0.15) is 6.29 Å². The fourth-order valence-electron chi connectivity index (χ4n) is 2.41. The van der Waals surface area contributed by atoms with Gasteiger partial charge in [0.25, 0.3) is 0 Å². The molecular weight excluding hydrogens is 172 g/mol. The van der Waals surface area contributed by atoms with E-state index >= 15 is 0 Å². The highest BCUT2D eigenvalue weighted by molar-refractivity contribution is 5.75. The Morgan fingerprint density at radius 3 is 2.86 bits per heavy atom. The number of benzene rings is 1. The van der Waals surface area contributed by atoms with Gasteiger partial charge in [0.15, 0.2) is 0 Å². The average Bonchev–Trinajstić information content (AvgIpc) is 2.16. The van der Waals surface area contributed by atoms with E-state index in [0.29, 0.717) is 0 Å². The van der Waals surface area contributed by atoms with E-state index in [9.17, 15) is 4.79 Å². The molecule has 0 saturated carbocycles. The van der Waals surface area contributed by atoms with Crippen LogP contribution in [0, 0.1) is 0 Å². The lowest BCUT2D eigenvalue weighted by molar-refractivity contribution is 0.112. The molecule has 0 N–H and O–H groups in total. The summed E-state index contributed by atoms with van der Waals surface area (Å²) in [6, 6.07) is 6.10. The molecule has 0 unspecified atom stereocenters. The lowest BCUT2D eigenvalue weighted by atomic mass is 9.72. The Labute approximate surface area is 85.1 Å². The third-order valence-electron chi connectivity index (χ3n) is 3.24. The Hall–Kier alpha value is -1.11. The SMILES string of the molecule is CC1(C)CCCc2cc(C=O)ccc21. The van der Waals surface area contributed by atoms with Gasteiger partial charge in [-0.2, -0.15) is 0 Å². The van der Waals surface area contributed by atoms with Crippen LogP contribution in [0.3, 0.4) is 0 Å². The molecule has 1 nitrogen and oxygen atoms in total. The summed E-state index contributed by atoms with van der Waals surface area (Å²) >= 11 is 0. The highest BCUT2D eigenvalue weighted by Gasteiger charge is 2.26. The predicted molar refractivity (Wildman–Crippen MR) is 57.8 cm³/mol. The number of aryl methyl sites for hydroxylation is 1. The van der Waals surface area contributed by atoms with Gasteiger partial charge in [-0.05, 0) is 41.9 Å². The largest absolute Gasteiger partial charge is 0.298 e. The molecule has 14 heavy (non-hydrogen) atoms. The molecule has 0 aromatic heterocycles. The van der Waals surface area contributed by atoms with Crippen molar-refractivity contribution in [1.29, 1.82) is 0 Å². The van der Waals surface area contributed by atoms with Crippen molar-refractivity contribution in [3.8, 4) is 0 Å². The molecule has 0 radical (unpaired) electrons. The van der Waals surface area contributed by atoms with Crippen molar-refractivity contribution in [2.45, 2.75) is 38.5 Å². The Morgan fingerprint density at radius 1 is 1.36 bits per heavy atom. The zero-order valence-electron chi connectivity index (χ0n) is 8.84. The lowest BCUT2D eigenvalue weighted by Crippen LogP contribution is -2.23. The first-order valence-corrected chi connectivity index (χ1v) is 5.22. The third-order valence-corrected chi connectivity index (χ3v) is 3.24. The fourth-order valence-corrected chi connectivity index (χ4v) is 2.41. The molecule has 1 aliphatic carbocycles. The van der Waals surface area contributed by atoms with Gasteiger partial charge in [0, 0.05) is 5.56 Å². The van der Waals surface area contributed by atoms with Crippen LogP contribution in [0.2, 0.25) is 0 Å². The molecule has 0 fully saturated rings. The lowest BCUT2D eigenvalue weighted by Gasteiger charge is -2.32. The number of carbonyl (C=O) groups is 1. The van der Waals surface area contributed by atoms with E-state index in [2.05, 4.69) is 19.9 Å². The second kappa shape index (κ2) is 3.23. The van der Waals surface area contributed by atoms with Crippen LogP contribution in [0.25, 0.3) is 0 Å². The summed E-state index contributed by atoms with van der Waals surface area (Å²) in [4.78, 5) is 10.7. The van der Waals surface area contributed by atoms with Crippen LogP contribution < -0.4 is 0 Å². The molecule has 0 amide bonds. The molecule has 1 heteroatoms. The maximum atomic E-state index is 10.7. The summed E-state index contributed by atoms with van der Waals surface area (Å²) < 4.78 is 0. The second-order valence-corrected chi connectivity index (χ2v) is 4.77. The maximum absolute atomic E-state index is 10.7. The van der Waals surface area contributed by atoms with Crippen LogP contribution in [0.4, 0.5) is 0 Å². The summed E-state index contributed by atoms with van der Waals surface area (Å²) in [5.74, 6) is 0. The first-order chi connectivity index (χ1) is 6.63. The highest BCUT2D eigenvalue weighted by Crippen LogP contribution is 2.36. The van der Waals surface area contributed by atoms with E-state index in [4.69, 9.17) is 0 Å². The molecule has 1 aromatic rings. The van der Waals surface area contributed by atoms with E-state index in [-0.39, 0.29) is 5.41 Å². The van der Waals surface area contributed by atoms with Gasteiger partial charge in [0.2, 0.25) is 0 Å². The molecule has 1 aliphatic rings. The molecule has 74 valence electrons. The van der Waals surface area contributed by atoms with Crippen LogP contribution in [0.15, 0.2) is 18.2 Å². The topological polar surface area (TPSA) is 17.1 Å². The van der Waals surface area contributed by atoms with Crippen molar-refractivity contribution < 1.29 is 4.79 Å². The zero-order valence-corrected chi connectivity index (χ0v) is 8.84. The first kappa shape index (κ1) is 9.45. The minimum Gasteiger partial charge on any atom is -0.298 e. The van der Waals surface area contributed by atoms with Crippen molar-refractivity contribution in [1.82, 2.24) is 0 Å². The molecule has 0 bridgehead atoms. The third kappa shape index (κ3) is 1.47. The summed E-state index contributed by atoms with van der Waals surface area (Å²) in [6.07, 6.45) is 4.55. The maximum Gasteiger partial charge on any atom is 0.150 e. The standard InChI is InChI=1S/C13H16O/c1-13(2)7-3-4-11-8-10(9-14)5-6-12(11)13/h5-6,8-9H,3-4,7H2,1-2H3. The van der Waals surface area contributed by atoms with Gasteiger partial charge in [-0.3, -0.25) is 4.79 Å². The van der Waals surface area contributed by atoms with Gasteiger partial charge in [-0.1, -0.05) is 26.0 Å². The van der Waals surface area contributed by atoms with E-state index in [1.165, 1.54) is 24.0 Å². The quantitative estimate of drug-likeness (QED) is 0.619. The van der Waals surface area contributed by atoms with Crippen LogP contribution in [0.1, 0.15) is 48.2 Å². The van der Waals surface area contributed by atoms with E-state index in [1.54, 1.807) is 0 Å². The molecule has 0 aliphatic heterocycles. The predicted octanol–water partition coefficient (Wildman–Crippen LogP) is 3.11. The van der Waals surface area contributed by atoms with Crippen LogP contribution in [0.5, 0.6) is 0 Å². The molecule has 0 spiro atoms. The van der Waals surface area contributed by atoms with E-state index in [1.807, 2.05) is 12.1 Å². The first-order valence-electron chi connectivity index (χ1n) is 5.22. The van der Waals surface area contributed by atoms with Crippen LogP contribution in [-0.2, 0) is 11.8 Å². The number of hydrogen-bond acceptors (Lipinski definition) is 1. The average molecular weight is 188 g/mol. The van der Waals surface area contributed by atoms with Gasteiger partial charge in [-0.15, -0.1) is 0 Å². The zero-order chi connectivity index (χ0) is 10.2. The number of aldehydes is 1. The number of carbonyl (C=O) groups excluding carboxylic acids is 1. The van der Waals surface area contributed by atoms with Crippen molar-refractivity contribution >= 4 is 6.29 Å². The van der Waals surface area contributed by atoms with Gasteiger partial charge in [0.05, 0.1) is 0 Å². The van der Waals surface area contributed by atoms with E-state index in [0.717, 1.165) is 18.3 Å². The van der Waals surface area contributed by atoms with Gasteiger partial charge in [-0.25, -0.2) is 0 Å². The van der Waals surface area contributed by atoms with Crippen LogP contribution in [-0.4, -0.2) is 6.29 Å². The van der Waals surface area contributed by atoms with Crippen LogP contribution >= 0.6 is 0 Å². The monoisotopic (exact) mass is 188 g/mol. The second-order valence-electron chi connectivity index (χ2n) is 4.77. The summed E-state index contributed by atoms with van der Waals surface area (Å²) in [5, 5.41) is 0. The fraction of sp³-hybridized carbons (Fsp3) is 0.462. The Kier molecular flexibility index (Phi) is 2.18. The summed E-state index contributed by atoms with van der Waals surface area (Å²) in [5.41, 5.74) is 3.89. The highest BCUT2D eigenvalue weighted by atomic mass is 16.1. The summed E-state index contributed by atoms with van der Waals surface area (Å²) in [7, 11) is 0. The Morgan fingerprint density at radius 2 is 2.14 bits per heavy atom. The van der Waals surface area contributed by atoms with Crippen molar-refractivity contribution in [3.63, 3.8) is 0 Å². The molecule has 0 heterocycles. The molecular formula is C13H16O. The van der Waals surface area contributed by atoms with Crippen molar-refractivity contribution in [3.05, 3.63) is 34.9 Å². The number of fused-ring (bicyclic) bond motifs is 1. The summed E-state index contributed by atoms with van der Waals surface area (Å²) in [6.45, 7) is 4.57. The molecule has 0 saturated heterocycles. The van der Waals surface area contributed by atoms with E-state index < -0.39 is 0 Å². The smallest absolute Gasteiger partial charge is 0.150 e. The Bertz CT molecular complexity index is 363.